The van der Waals surface area contributed by atoms with Gasteiger partial charge in [0.2, 0.25) is 11.8 Å². The van der Waals surface area contributed by atoms with Crippen molar-refractivity contribution in [1.29, 1.82) is 0 Å². The van der Waals surface area contributed by atoms with E-state index in [2.05, 4.69) is 10.3 Å². The highest BCUT2D eigenvalue weighted by atomic mass is 32.2. The average molecular weight is 538 g/mol. The maximum atomic E-state index is 14.4. The van der Waals surface area contributed by atoms with Gasteiger partial charge in [0.05, 0.1) is 21.3 Å². The summed E-state index contributed by atoms with van der Waals surface area (Å²) in [5, 5.41) is 2.37. The van der Waals surface area contributed by atoms with Crippen molar-refractivity contribution in [3.8, 4) is 17.2 Å². The number of nitrogens with zero attached hydrogens (tertiary/aromatic N) is 2. The number of aliphatic imine (C=N–C) groups is 1. The predicted octanol–water partition coefficient (Wildman–Crippen LogP) is 5.05. The van der Waals surface area contributed by atoms with Gasteiger partial charge in [0.15, 0.2) is 16.7 Å². The number of ether oxygens (including phenoxy) is 3. The monoisotopic (exact) mass is 537 g/mol. The van der Waals surface area contributed by atoms with Gasteiger partial charge in [-0.2, -0.15) is 0 Å². The molecule has 1 N–H and O–H groups in total. The normalized spacial score (nSPS) is 16.3. The van der Waals surface area contributed by atoms with Crippen LogP contribution in [0.4, 0.5) is 15.8 Å². The second-order valence-corrected chi connectivity index (χ2v) is 9.53. The van der Waals surface area contributed by atoms with Crippen LogP contribution in [0, 0.1) is 5.82 Å². The van der Waals surface area contributed by atoms with Crippen molar-refractivity contribution in [2.75, 3.05) is 33.2 Å². The number of hydrogen-bond acceptors (Lipinski definition) is 7. The lowest BCUT2D eigenvalue weighted by Crippen LogP contribution is -2.46. The number of thioether (sulfide) groups is 1. The lowest BCUT2D eigenvalue weighted by Gasteiger charge is -2.32. The molecule has 0 saturated carbocycles. The Balaban J connectivity index is 1.55. The molecule has 1 aliphatic rings. The van der Waals surface area contributed by atoms with Crippen molar-refractivity contribution in [2.45, 2.75) is 18.1 Å². The minimum Gasteiger partial charge on any atom is -0.497 e. The van der Waals surface area contributed by atoms with Gasteiger partial charge in [-0.05, 0) is 60.5 Å². The molecule has 1 heterocycles. The second kappa shape index (κ2) is 12.5. The predicted molar refractivity (Wildman–Crippen MR) is 146 cm³/mol. The number of para-hydroxylation sites is 1. The Morgan fingerprint density at radius 2 is 1.76 bits per heavy atom. The summed E-state index contributed by atoms with van der Waals surface area (Å²) in [7, 11) is 4.68. The van der Waals surface area contributed by atoms with E-state index in [9.17, 15) is 14.0 Å². The number of carbonyl (C=O) groups excluding carboxylic acids is 2. The largest absolute Gasteiger partial charge is 0.497 e. The molecule has 198 valence electrons. The highest BCUT2D eigenvalue weighted by molar-refractivity contribution is 8.15. The summed E-state index contributed by atoms with van der Waals surface area (Å²) >= 11 is 1.14. The van der Waals surface area contributed by atoms with Crippen molar-refractivity contribution in [1.82, 2.24) is 4.90 Å². The number of nitrogens with one attached hydrogen (secondary N) is 1. The minimum atomic E-state index is -0.729. The molecule has 0 spiro atoms. The maximum Gasteiger partial charge on any atom is 0.238 e. The number of benzene rings is 3. The van der Waals surface area contributed by atoms with Crippen LogP contribution in [-0.2, 0) is 16.0 Å². The van der Waals surface area contributed by atoms with E-state index in [1.165, 1.54) is 17.0 Å². The Labute approximate surface area is 224 Å². The molecule has 2 amide bonds. The fourth-order valence-electron chi connectivity index (χ4n) is 3.88. The van der Waals surface area contributed by atoms with Crippen LogP contribution < -0.4 is 19.5 Å². The lowest BCUT2D eigenvalue weighted by atomic mass is 10.1. The van der Waals surface area contributed by atoms with Crippen LogP contribution in [0.5, 0.6) is 17.2 Å². The molecule has 38 heavy (non-hydrogen) atoms. The van der Waals surface area contributed by atoms with Crippen molar-refractivity contribution < 1.29 is 28.2 Å². The molecule has 0 aliphatic carbocycles. The standard InChI is InChI=1S/C28H28FN3O5S/c1-35-20-11-9-19(10-12-20)30-27(34)25-17-26(33)32(28(38-25)31-22-7-5-4-6-21(22)29)15-14-18-8-13-23(36-2)24(16-18)37-3/h4-13,16,25H,14-15,17H2,1-3H3,(H,30,34). The lowest BCUT2D eigenvalue weighted by molar-refractivity contribution is -0.129. The zero-order chi connectivity index (χ0) is 27.1. The highest BCUT2D eigenvalue weighted by Gasteiger charge is 2.36. The van der Waals surface area contributed by atoms with E-state index in [-0.39, 0.29) is 29.1 Å². The van der Waals surface area contributed by atoms with Gasteiger partial charge < -0.3 is 19.5 Å². The van der Waals surface area contributed by atoms with Gasteiger partial charge in [-0.1, -0.05) is 30.0 Å². The molecule has 0 bridgehead atoms. The molecule has 1 atom stereocenters. The molecule has 1 aliphatic heterocycles. The van der Waals surface area contributed by atoms with Gasteiger partial charge in [0.25, 0.3) is 0 Å². The Bertz CT molecular complexity index is 1330. The van der Waals surface area contributed by atoms with Crippen LogP contribution in [-0.4, -0.2) is 55.0 Å². The van der Waals surface area contributed by atoms with Crippen molar-refractivity contribution >= 4 is 40.1 Å². The highest BCUT2D eigenvalue weighted by Crippen LogP contribution is 2.32. The Kier molecular flexibility index (Phi) is 8.85. The molecular formula is C28H28FN3O5S. The molecule has 4 rings (SSSR count). The topological polar surface area (TPSA) is 89.5 Å². The Morgan fingerprint density at radius 3 is 2.45 bits per heavy atom. The molecule has 1 saturated heterocycles. The zero-order valence-corrected chi connectivity index (χ0v) is 22.1. The molecule has 8 nitrogen and oxygen atoms in total. The summed E-state index contributed by atoms with van der Waals surface area (Å²) in [4.78, 5) is 32.3. The quantitative estimate of drug-likeness (QED) is 0.411. The van der Waals surface area contributed by atoms with E-state index in [1.54, 1.807) is 63.8 Å². The SMILES string of the molecule is COc1ccc(NC(=O)C2CC(=O)N(CCc3ccc(OC)c(OC)c3)C(=Nc3ccccc3F)S2)cc1. The first-order chi connectivity index (χ1) is 18.4. The van der Waals surface area contributed by atoms with E-state index in [1.807, 2.05) is 12.1 Å². The summed E-state index contributed by atoms with van der Waals surface area (Å²) in [5.41, 5.74) is 1.59. The number of methoxy groups -OCH3 is 3. The number of carbonyl (C=O) groups is 2. The van der Waals surface area contributed by atoms with Gasteiger partial charge in [0, 0.05) is 18.7 Å². The summed E-state index contributed by atoms with van der Waals surface area (Å²) < 4.78 is 30.3. The smallest absolute Gasteiger partial charge is 0.238 e. The molecular weight excluding hydrogens is 509 g/mol. The van der Waals surface area contributed by atoms with Crippen LogP contribution in [0.2, 0.25) is 0 Å². The minimum absolute atomic E-state index is 0.0190. The first-order valence-corrected chi connectivity index (χ1v) is 12.8. The van der Waals surface area contributed by atoms with E-state index >= 15 is 0 Å². The van der Waals surface area contributed by atoms with E-state index in [0.29, 0.717) is 35.9 Å². The van der Waals surface area contributed by atoms with Crippen molar-refractivity contribution in [2.24, 2.45) is 4.99 Å². The van der Waals surface area contributed by atoms with E-state index < -0.39 is 11.1 Å². The average Bonchev–Trinajstić information content (AvgIpc) is 2.93. The van der Waals surface area contributed by atoms with Gasteiger partial charge in [-0.3, -0.25) is 14.5 Å². The number of amidine groups is 1. The third-order valence-corrected chi connectivity index (χ3v) is 7.12. The molecule has 0 radical (unpaired) electrons. The number of rotatable bonds is 9. The van der Waals surface area contributed by atoms with Crippen LogP contribution >= 0.6 is 11.8 Å². The summed E-state index contributed by atoms with van der Waals surface area (Å²) in [6.45, 7) is 0.293. The van der Waals surface area contributed by atoms with E-state index in [0.717, 1.165) is 17.3 Å². The summed E-state index contributed by atoms with van der Waals surface area (Å²) in [6, 6.07) is 18.5. The van der Waals surface area contributed by atoms with Gasteiger partial charge in [0.1, 0.15) is 22.5 Å². The van der Waals surface area contributed by atoms with Crippen LogP contribution in [0.3, 0.4) is 0 Å². The fourth-order valence-corrected chi connectivity index (χ4v) is 5.00. The number of hydrogen-bond donors (Lipinski definition) is 1. The third-order valence-electron chi connectivity index (χ3n) is 5.93. The number of amides is 2. The zero-order valence-electron chi connectivity index (χ0n) is 21.3. The molecule has 1 unspecified atom stereocenters. The van der Waals surface area contributed by atoms with Gasteiger partial charge in [-0.25, -0.2) is 9.38 Å². The fraction of sp³-hybridized carbons (Fsp3) is 0.250. The maximum absolute atomic E-state index is 14.4. The van der Waals surface area contributed by atoms with E-state index in [4.69, 9.17) is 14.2 Å². The van der Waals surface area contributed by atoms with Crippen LogP contribution in [0.25, 0.3) is 0 Å². The summed E-state index contributed by atoms with van der Waals surface area (Å²) in [6.07, 6.45) is 0.473. The molecule has 3 aromatic carbocycles. The van der Waals surface area contributed by atoms with Gasteiger partial charge >= 0.3 is 0 Å². The van der Waals surface area contributed by atoms with Crippen molar-refractivity contribution in [3.05, 3.63) is 78.1 Å². The molecule has 3 aromatic rings. The van der Waals surface area contributed by atoms with Crippen LogP contribution in [0.1, 0.15) is 12.0 Å². The van der Waals surface area contributed by atoms with Gasteiger partial charge in [-0.15, -0.1) is 0 Å². The first kappa shape index (κ1) is 27.0. The number of anilines is 1. The Hall–Kier alpha value is -4.05. The first-order valence-electron chi connectivity index (χ1n) is 11.9. The third kappa shape index (κ3) is 6.44. The van der Waals surface area contributed by atoms with Crippen LogP contribution in [0.15, 0.2) is 71.7 Å². The second-order valence-electron chi connectivity index (χ2n) is 8.36. The Morgan fingerprint density at radius 1 is 1.03 bits per heavy atom. The number of halogens is 1. The summed E-state index contributed by atoms with van der Waals surface area (Å²) in [5.74, 6) is 0.726. The molecule has 0 aromatic heterocycles. The molecule has 10 heteroatoms. The molecule has 1 fully saturated rings. The van der Waals surface area contributed by atoms with Crippen molar-refractivity contribution in [3.63, 3.8) is 0 Å².